The standard InChI is InChI=1S/C11H9NO3S2/c13-8-10-11(6-7-16-10)17(14,15)12-9-4-2-1-3-5-9/h1-8,12H. The number of carbonyl (C=O) groups is 1. The van der Waals surface area contributed by atoms with Crippen molar-refractivity contribution in [1.82, 2.24) is 0 Å². The SMILES string of the molecule is O=Cc1sccc1S(=O)(=O)Nc1ccccc1. The van der Waals surface area contributed by atoms with Crippen LogP contribution in [0.25, 0.3) is 0 Å². The van der Waals surface area contributed by atoms with Gasteiger partial charge in [0.25, 0.3) is 10.0 Å². The van der Waals surface area contributed by atoms with Crippen LogP contribution in [0.5, 0.6) is 0 Å². The molecule has 2 aromatic rings. The summed E-state index contributed by atoms with van der Waals surface area (Å²) in [6.07, 6.45) is 0.546. The number of hydrogen-bond acceptors (Lipinski definition) is 4. The number of rotatable bonds is 4. The first-order valence-corrected chi connectivity index (χ1v) is 7.10. The zero-order valence-electron chi connectivity index (χ0n) is 8.66. The highest BCUT2D eigenvalue weighted by molar-refractivity contribution is 7.93. The van der Waals surface area contributed by atoms with Crippen molar-refractivity contribution in [2.75, 3.05) is 4.72 Å². The molecule has 17 heavy (non-hydrogen) atoms. The molecule has 0 fully saturated rings. The van der Waals surface area contributed by atoms with Crippen LogP contribution in [0.3, 0.4) is 0 Å². The fourth-order valence-electron chi connectivity index (χ4n) is 1.33. The molecule has 1 heterocycles. The second kappa shape index (κ2) is 4.68. The predicted octanol–water partition coefficient (Wildman–Crippen LogP) is 2.36. The number of benzene rings is 1. The maximum atomic E-state index is 12.0. The highest BCUT2D eigenvalue weighted by Crippen LogP contribution is 2.22. The number of sulfonamides is 1. The number of aldehydes is 1. The van der Waals surface area contributed by atoms with Crippen LogP contribution in [0.1, 0.15) is 9.67 Å². The van der Waals surface area contributed by atoms with E-state index in [0.717, 1.165) is 11.3 Å². The van der Waals surface area contributed by atoms with E-state index in [2.05, 4.69) is 4.72 Å². The predicted molar refractivity (Wildman–Crippen MR) is 67.0 cm³/mol. The molecule has 0 spiro atoms. The van der Waals surface area contributed by atoms with Gasteiger partial charge in [-0.05, 0) is 23.6 Å². The number of thiophene rings is 1. The Balaban J connectivity index is 2.35. The Morgan fingerprint density at radius 1 is 1.12 bits per heavy atom. The van der Waals surface area contributed by atoms with Gasteiger partial charge in [0.05, 0.1) is 4.88 Å². The molecule has 0 radical (unpaired) electrons. The summed E-state index contributed by atoms with van der Waals surface area (Å²) in [5.74, 6) is 0. The molecule has 4 nitrogen and oxygen atoms in total. The average Bonchev–Trinajstić information content (AvgIpc) is 2.78. The number of nitrogens with one attached hydrogen (secondary N) is 1. The van der Waals surface area contributed by atoms with Gasteiger partial charge in [0, 0.05) is 5.69 Å². The summed E-state index contributed by atoms with van der Waals surface area (Å²) in [5.41, 5.74) is 0.468. The van der Waals surface area contributed by atoms with E-state index in [9.17, 15) is 13.2 Å². The Hall–Kier alpha value is -1.66. The normalized spacial score (nSPS) is 11.1. The number of anilines is 1. The zero-order chi connectivity index (χ0) is 12.3. The second-order valence-corrected chi connectivity index (χ2v) is 5.84. The first-order chi connectivity index (χ1) is 8.13. The van der Waals surface area contributed by atoms with Crippen molar-refractivity contribution < 1.29 is 13.2 Å². The van der Waals surface area contributed by atoms with E-state index >= 15 is 0 Å². The molecule has 6 heteroatoms. The Morgan fingerprint density at radius 2 is 1.82 bits per heavy atom. The summed E-state index contributed by atoms with van der Waals surface area (Å²) >= 11 is 1.10. The minimum absolute atomic E-state index is 0.0151. The quantitative estimate of drug-likeness (QED) is 0.865. The molecule has 0 aliphatic rings. The van der Waals surface area contributed by atoms with Gasteiger partial charge < -0.3 is 0 Å². The number of hydrogen-bond donors (Lipinski definition) is 1. The molecular formula is C11H9NO3S2. The minimum atomic E-state index is -3.68. The summed E-state index contributed by atoms with van der Waals surface area (Å²) in [6, 6.07) is 9.95. The summed E-state index contributed by atoms with van der Waals surface area (Å²) in [7, 11) is -3.68. The summed E-state index contributed by atoms with van der Waals surface area (Å²) in [5, 5.41) is 1.57. The molecular weight excluding hydrogens is 258 g/mol. The average molecular weight is 267 g/mol. The van der Waals surface area contributed by atoms with Crippen LogP contribution in [0.2, 0.25) is 0 Å². The Morgan fingerprint density at radius 3 is 2.47 bits per heavy atom. The maximum absolute atomic E-state index is 12.0. The van der Waals surface area contributed by atoms with Crippen LogP contribution in [-0.4, -0.2) is 14.7 Å². The van der Waals surface area contributed by atoms with E-state index in [4.69, 9.17) is 0 Å². The van der Waals surface area contributed by atoms with Gasteiger partial charge >= 0.3 is 0 Å². The lowest BCUT2D eigenvalue weighted by atomic mass is 10.3. The van der Waals surface area contributed by atoms with Gasteiger partial charge in [0.15, 0.2) is 6.29 Å². The van der Waals surface area contributed by atoms with E-state index in [1.54, 1.807) is 35.7 Å². The van der Waals surface area contributed by atoms with Gasteiger partial charge in [-0.15, -0.1) is 11.3 Å². The topological polar surface area (TPSA) is 63.2 Å². The zero-order valence-corrected chi connectivity index (χ0v) is 10.3. The molecule has 0 bridgehead atoms. The van der Waals surface area contributed by atoms with Crippen LogP contribution in [-0.2, 0) is 10.0 Å². The van der Waals surface area contributed by atoms with Crippen molar-refractivity contribution in [3.63, 3.8) is 0 Å². The first kappa shape index (κ1) is 11.8. The van der Waals surface area contributed by atoms with E-state index in [-0.39, 0.29) is 9.77 Å². The molecule has 0 aliphatic heterocycles. The van der Waals surface area contributed by atoms with Crippen LogP contribution in [0.15, 0.2) is 46.7 Å². The molecule has 2 rings (SSSR count). The highest BCUT2D eigenvalue weighted by atomic mass is 32.2. The Labute approximate surface area is 103 Å². The lowest BCUT2D eigenvalue weighted by Crippen LogP contribution is -2.13. The van der Waals surface area contributed by atoms with Crippen LogP contribution < -0.4 is 4.72 Å². The third-order valence-corrected chi connectivity index (χ3v) is 4.49. The molecule has 0 atom stereocenters. The molecule has 0 aliphatic carbocycles. The van der Waals surface area contributed by atoms with Gasteiger partial charge in [-0.25, -0.2) is 8.42 Å². The number of para-hydroxylation sites is 1. The van der Waals surface area contributed by atoms with Gasteiger partial charge in [-0.1, -0.05) is 18.2 Å². The monoisotopic (exact) mass is 267 g/mol. The fourth-order valence-corrected chi connectivity index (χ4v) is 3.60. The van der Waals surface area contributed by atoms with Gasteiger partial charge in [0.1, 0.15) is 4.90 Å². The van der Waals surface area contributed by atoms with Crippen LogP contribution in [0.4, 0.5) is 5.69 Å². The molecule has 88 valence electrons. The van der Waals surface area contributed by atoms with Crippen molar-refractivity contribution in [2.45, 2.75) is 4.90 Å². The Kier molecular flexibility index (Phi) is 3.26. The molecule has 0 amide bonds. The summed E-state index contributed by atoms with van der Waals surface area (Å²) in [6.45, 7) is 0. The third-order valence-electron chi connectivity index (χ3n) is 2.08. The van der Waals surface area contributed by atoms with E-state index in [1.165, 1.54) is 6.07 Å². The summed E-state index contributed by atoms with van der Waals surface area (Å²) < 4.78 is 26.4. The highest BCUT2D eigenvalue weighted by Gasteiger charge is 2.19. The lowest BCUT2D eigenvalue weighted by Gasteiger charge is -2.06. The van der Waals surface area contributed by atoms with Gasteiger partial charge in [-0.2, -0.15) is 0 Å². The summed E-state index contributed by atoms with van der Waals surface area (Å²) in [4.78, 5) is 10.9. The van der Waals surface area contributed by atoms with Crippen molar-refractivity contribution >= 4 is 33.3 Å². The van der Waals surface area contributed by atoms with Crippen LogP contribution in [0, 0.1) is 0 Å². The van der Waals surface area contributed by atoms with E-state index in [0.29, 0.717) is 12.0 Å². The Bertz CT molecular complexity index is 617. The molecule has 1 aromatic heterocycles. The van der Waals surface area contributed by atoms with E-state index < -0.39 is 10.0 Å². The fraction of sp³-hybridized carbons (Fsp3) is 0. The smallest absolute Gasteiger partial charge is 0.263 e. The third kappa shape index (κ3) is 2.54. The molecule has 0 saturated carbocycles. The maximum Gasteiger partial charge on any atom is 0.263 e. The van der Waals surface area contributed by atoms with Crippen molar-refractivity contribution in [3.8, 4) is 0 Å². The van der Waals surface area contributed by atoms with Crippen molar-refractivity contribution in [3.05, 3.63) is 46.7 Å². The number of carbonyl (C=O) groups excluding carboxylic acids is 1. The second-order valence-electron chi connectivity index (χ2n) is 3.24. The molecule has 0 saturated heterocycles. The first-order valence-electron chi connectivity index (χ1n) is 4.74. The molecule has 1 aromatic carbocycles. The molecule has 0 unspecified atom stereocenters. The lowest BCUT2D eigenvalue weighted by molar-refractivity contribution is 0.112. The van der Waals surface area contributed by atoms with Crippen LogP contribution >= 0.6 is 11.3 Å². The van der Waals surface area contributed by atoms with Gasteiger partial charge in [-0.3, -0.25) is 9.52 Å². The minimum Gasteiger partial charge on any atom is -0.297 e. The van der Waals surface area contributed by atoms with Crippen molar-refractivity contribution in [2.24, 2.45) is 0 Å². The largest absolute Gasteiger partial charge is 0.297 e. The van der Waals surface area contributed by atoms with Gasteiger partial charge in [0.2, 0.25) is 0 Å². The molecule has 1 N–H and O–H groups in total. The van der Waals surface area contributed by atoms with Crippen molar-refractivity contribution in [1.29, 1.82) is 0 Å². The van der Waals surface area contributed by atoms with E-state index in [1.807, 2.05) is 0 Å².